The van der Waals surface area contributed by atoms with Crippen molar-refractivity contribution >= 4 is 11.8 Å². The van der Waals surface area contributed by atoms with Gasteiger partial charge in [-0.15, -0.1) is 0 Å². The number of aromatic nitrogens is 2. The third kappa shape index (κ3) is 2.82. The number of para-hydroxylation sites is 1. The average Bonchev–Trinajstić information content (AvgIpc) is 2.60. The summed E-state index contributed by atoms with van der Waals surface area (Å²) in [7, 11) is 1.52. The number of anilines is 1. The van der Waals surface area contributed by atoms with Gasteiger partial charge in [0.25, 0.3) is 5.56 Å². The number of carbonyl (C=O) groups is 1. The SMILES string of the molecule is CCOC(=O)C1=C(N)Nc2nc[nH]c(=O)c2C1c1ccccc1OC. The Kier molecular flexibility index (Phi) is 4.42. The van der Waals surface area contributed by atoms with Crippen LogP contribution < -0.4 is 21.3 Å². The Hall–Kier alpha value is -3.29. The molecule has 4 N–H and O–H groups in total. The molecule has 1 aliphatic heterocycles. The maximum Gasteiger partial charge on any atom is 0.338 e. The molecular weight excluding hydrogens is 324 g/mol. The van der Waals surface area contributed by atoms with Crippen LogP contribution in [0.15, 0.2) is 46.8 Å². The summed E-state index contributed by atoms with van der Waals surface area (Å²) in [4.78, 5) is 31.7. The molecule has 1 aromatic heterocycles. The van der Waals surface area contributed by atoms with Crippen LogP contribution in [-0.2, 0) is 9.53 Å². The Morgan fingerprint density at radius 2 is 2.12 bits per heavy atom. The quantitative estimate of drug-likeness (QED) is 0.711. The van der Waals surface area contributed by atoms with E-state index in [9.17, 15) is 9.59 Å². The third-order valence-electron chi connectivity index (χ3n) is 3.95. The van der Waals surface area contributed by atoms with E-state index in [0.29, 0.717) is 17.1 Å². The van der Waals surface area contributed by atoms with Crippen LogP contribution in [-0.4, -0.2) is 29.7 Å². The van der Waals surface area contributed by atoms with Crippen molar-refractivity contribution in [2.45, 2.75) is 12.8 Å². The molecule has 0 radical (unpaired) electrons. The van der Waals surface area contributed by atoms with Crippen LogP contribution in [0, 0.1) is 0 Å². The molecule has 1 aliphatic rings. The molecule has 1 aromatic carbocycles. The summed E-state index contributed by atoms with van der Waals surface area (Å²) in [6, 6.07) is 7.12. The van der Waals surface area contributed by atoms with Gasteiger partial charge in [0.2, 0.25) is 0 Å². The van der Waals surface area contributed by atoms with Crippen molar-refractivity contribution in [3.63, 3.8) is 0 Å². The van der Waals surface area contributed by atoms with Crippen LogP contribution in [0.3, 0.4) is 0 Å². The molecule has 2 aromatic rings. The van der Waals surface area contributed by atoms with Gasteiger partial charge in [0.1, 0.15) is 17.4 Å². The molecule has 2 heterocycles. The molecule has 0 saturated carbocycles. The number of rotatable bonds is 4. The number of carbonyl (C=O) groups excluding carboxylic acids is 1. The average molecular weight is 342 g/mol. The number of benzene rings is 1. The maximum atomic E-state index is 12.5. The smallest absolute Gasteiger partial charge is 0.338 e. The first-order valence-corrected chi connectivity index (χ1v) is 7.72. The van der Waals surface area contributed by atoms with Gasteiger partial charge in [0.05, 0.1) is 37.1 Å². The van der Waals surface area contributed by atoms with Crippen molar-refractivity contribution in [2.75, 3.05) is 19.0 Å². The number of H-pyrrole nitrogens is 1. The lowest BCUT2D eigenvalue weighted by Crippen LogP contribution is -2.33. The number of fused-ring (bicyclic) bond motifs is 1. The number of ether oxygens (including phenoxy) is 2. The molecule has 0 fully saturated rings. The second kappa shape index (κ2) is 6.68. The van der Waals surface area contributed by atoms with E-state index in [0.717, 1.165) is 0 Å². The zero-order chi connectivity index (χ0) is 18.0. The maximum absolute atomic E-state index is 12.5. The Bertz CT molecular complexity index is 904. The first-order chi connectivity index (χ1) is 12.1. The van der Waals surface area contributed by atoms with Gasteiger partial charge in [-0.25, -0.2) is 9.78 Å². The summed E-state index contributed by atoms with van der Waals surface area (Å²) in [6.07, 6.45) is 1.27. The zero-order valence-corrected chi connectivity index (χ0v) is 13.8. The largest absolute Gasteiger partial charge is 0.496 e. The van der Waals surface area contributed by atoms with Crippen molar-refractivity contribution in [1.29, 1.82) is 0 Å². The molecule has 0 spiro atoms. The number of nitrogens with two attached hydrogens (primary N) is 1. The van der Waals surface area contributed by atoms with Crippen molar-refractivity contribution in [2.24, 2.45) is 5.73 Å². The second-order valence-corrected chi connectivity index (χ2v) is 5.34. The molecule has 1 atom stereocenters. The fraction of sp³-hybridized carbons (Fsp3) is 0.235. The Morgan fingerprint density at radius 3 is 2.84 bits per heavy atom. The number of methoxy groups -OCH3 is 1. The second-order valence-electron chi connectivity index (χ2n) is 5.34. The number of hydrogen-bond donors (Lipinski definition) is 3. The topological polar surface area (TPSA) is 119 Å². The lowest BCUT2D eigenvalue weighted by molar-refractivity contribution is -0.138. The summed E-state index contributed by atoms with van der Waals surface area (Å²) in [5, 5.41) is 2.81. The van der Waals surface area contributed by atoms with Crippen molar-refractivity contribution < 1.29 is 14.3 Å². The van der Waals surface area contributed by atoms with Gasteiger partial charge < -0.3 is 25.5 Å². The van der Waals surface area contributed by atoms with Gasteiger partial charge in [-0.3, -0.25) is 4.79 Å². The highest BCUT2D eigenvalue weighted by atomic mass is 16.5. The van der Waals surface area contributed by atoms with Gasteiger partial charge in [0, 0.05) is 5.56 Å². The molecule has 0 saturated heterocycles. The molecule has 25 heavy (non-hydrogen) atoms. The summed E-state index contributed by atoms with van der Waals surface area (Å²) in [6.45, 7) is 1.88. The summed E-state index contributed by atoms with van der Waals surface area (Å²) in [5.41, 5.74) is 6.75. The number of aromatic amines is 1. The first kappa shape index (κ1) is 16.6. The van der Waals surface area contributed by atoms with Crippen LogP contribution in [0.1, 0.15) is 24.0 Å². The zero-order valence-electron chi connectivity index (χ0n) is 13.8. The molecule has 130 valence electrons. The van der Waals surface area contributed by atoms with E-state index in [-0.39, 0.29) is 29.1 Å². The fourth-order valence-electron chi connectivity index (χ4n) is 2.93. The molecule has 0 bridgehead atoms. The molecule has 1 unspecified atom stereocenters. The summed E-state index contributed by atoms with van der Waals surface area (Å²) >= 11 is 0. The van der Waals surface area contributed by atoms with Gasteiger partial charge in [-0.05, 0) is 13.0 Å². The van der Waals surface area contributed by atoms with Crippen molar-refractivity contribution in [3.05, 3.63) is 63.5 Å². The minimum atomic E-state index is -0.760. The van der Waals surface area contributed by atoms with E-state index in [2.05, 4.69) is 15.3 Å². The summed E-state index contributed by atoms with van der Waals surface area (Å²) in [5.74, 6) is -0.440. The molecule has 8 nitrogen and oxygen atoms in total. The lowest BCUT2D eigenvalue weighted by atomic mass is 9.83. The van der Waals surface area contributed by atoms with Gasteiger partial charge in [-0.2, -0.15) is 0 Å². The highest BCUT2D eigenvalue weighted by molar-refractivity contribution is 5.94. The van der Waals surface area contributed by atoms with Gasteiger partial charge in [0.15, 0.2) is 0 Å². The monoisotopic (exact) mass is 342 g/mol. The van der Waals surface area contributed by atoms with E-state index in [1.807, 2.05) is 0 Å². The highest BCUT2D eigenvalue weighted by Gasteiger charge is 2.37. The van der Waals surface area contributed by atoms with E-state index < -0.39 is 11.9 Å². The number of nitrogens with zero attached hydrogens (tertiary/aromatic N) is 1. The van der Waals surface area contributed by atoms with Gasteiger partial charge in [-0.1, -0.05) is 18.2 Å². The molecule has 0 aliphatic carbocycles. The van der Waals surface area contributed by atoms with E-state index in [1.165, 1.54) is 13.4 Å². The molecule has 0 amide bonds. The van der Waals surface area contributed by atoms with Gasteiger partial charge >= 0.3 is 5.97 Å². The van der Waals surface area contributed by atoms with E-state index in [4.69, 9.17) is 15.2 Å². The normalized spacial score (nSPS) is 16.0. The van der Waals surface area contributed by atoms with Crippen LogP contribution in [0.2, 0.25) is 0 Å². The minimum absolute atomic E-state index is 0.0972. The highest BCUT2D eigenvalue weighted by Crippen LogP contribution is 2.41. The Morgan fingerprint density at radius 1 is 1.36 bits per heavy atom. The van der Waals surface area contributed by atoms with Crippen LogP contribution >= 0.6 is 0 Å². The molecule has 8 heteroatoms. The van der Waals surface area contributed by atoms with Crippen molar-refractivity contribution in [3.8, 4) is 5.75 Å². The van der Waals surface area contributed by atoms with Crippen LogP contribution in [0.5, 0.6) is 5.75 Å². The third-order valence-corrected chi connectivity index (χ3v) is 3.95. The van der Waals surface area contributed by atoms with Crippen LogP contribution in [0.25, 0.3) is 0 Å². The van der Waals surface area contributed by atoms with E-state index in [1.54, 1.807) is 31.2 Å². The first-order valence-electron chi connectivity index (χ1n) is 7.72. The van der Waals surface area contributed by atoms with E-state index >= 15 is 0 Å². The molecular formula is C17H18N4O4. The number of esters is 1. The Labute approximate surface area is 143 Å². The predicted octanol–water partition coefficient (Wildman–Crippen LogP) is 1.07. The minimum Gasteiger partial charge on any atom is -0.496 e. The molecule has 3 rings (SSSR count). The van der Waals surface area contributed by atoms with Crippen LogP contribution in [0.4, 0.5) is 5.82 Å². The predicted molar refractivity (Wildman–Crippen MR) is 91.2 cm³/mol. The van der Waals surface area contributed by atoms with Crippen molar-refractivity contribution in [1.82, 2.24) is 9.97 Å². The lowest BCUT2D eigenvalue weighted by Gasteiger charge is -2.28. The Balaban J connectivity index is 2.29. The fourth-order valence-corrected chi connectivity index (χ4v) is 2.93. The number of hydrogen-bond acceptors (Lipinski definition) is 7. The number of nitrogens with one attached hydrogen (secondary N) is 2. The standard InChI is InChI=1S/C17H18N4O4/c1-3-25-17(23)12-11(9-6-4-5-7-10(9)24-2)13-15(21-14(12)18)19-8-20-16(13)22/h4-8,11H,3,18H2,1-2H3,(H2,19,20,21,22). The summed E-state index contributed by atoms with van der Waals surface area (Å²) < 4.78 is 10.5.